The van der Waals surface area contributed by atoms with Crippen molar-refractivity contribution in [1.82, 2.24) is 10.3 Å². The monoisotopic (exact) mass is 752 g/mol. The van der Waals surface area contributed by atoms with E-state index in [4.69, 9.17) is 13.9 Å². The fraction of sp³-hybridized carbons (Fsp3) is 0.312. The summed E-state index contributed by atoms with van der Waals surface area (Å²) in [7, 11) is -2.16. The van der Waals surface area contributed by atoms with Crippen LogP contribution in [0.25, 0.3) is 22.0 Å². The van der Waals surface area contributed by atoms with Crippen LogP contribution in [-0.4, -0.2) is 33.0 Å². The lowest BCUT2D eigenvalue weighted by Crippen LogP contribution is -2.43. The van der Waals surface area contributed by atoms with E-state index in [-0.39, 0.29) is 16.7 Å². The van der Waals surface area contributed by atoms with Gasteiger partial charge in [-0.05, 0) is 108 Å². The second-order valence-corrected chi connectivity index (χ2v) is 20.6. The highest BCUT2D eigenvalue weighted by molar-refractivity contribution is 6.74. The van der Waals surface area contributed by atoms with Gasteiger partial charge in [-0.2, -0.15) is 0 Å². The fourth-order valence-electron chi connectivity index (χ4n) is 6.47. The van der Waals surface area contributed by atoms with Crippen molar-refractivity contribution in [3.8, 4) is 22.6 Å². The lowest BCUT2D eigenvalue weighted by atomic mass is 10.0. The summed E-state index contributed by atoms with van der Waals surface area (Å²) < 4.78 is 19.4. The molecule has 55 heavy (non-hydrogen) atoms. The molecule has 0 aliphatic rings. The number of hydrogen-bond donors (Lipinski definition) is 2. The van der Waals surface area contributed by atoms with Gasteiger partial charge in [0, 0.05) is 18.0 Å². The molecule has 0 radical (unpaired) electrons. The van der Waals surface area contributed by atoms with Gasteiger partial charge in [-0.1, -0.05) is 124 Å². The maximum Gasteiger partial charge on any atom is 0.248 e. The van der Waals surface area contributed by atoms with Crippen LogP contribution >= 0.6 is 0 Å². The van der Waals surface area contributed by atoms with Crippen molar-refractivity contribution in [1.29, 1.82) is 0 Å². The van der Waals surface area contributed by atoms with Crippen LogP contribution in [0.15, 0.2) is 138 Å². The average molecular weight is 753 g/mol. The van der Waals surface area contributed by atoms with Gasteiger partial charge in [-0.3, -0.25) is 4.79 Å². The Kier molecular flexibility index (Phi) is 13.4. The molecule has 7 heteroatoms. The normalized spacial score (nSPS) is 12.5. The molecule has 6 rings (SSSR count). The fourth-order valence-corrected chi connectivity index (χ4v) is 7.74. The predicted molar refractivity (Wildman–Crippen MR) is 230 cm³/mol. The summed E-state index contributed by atoms with van der Waals surface area (Å²) in [6.45, 7) is 13.9. The Hall–Kier alpha value is -4.95. The number of aryl methyl sites for hydroxylation is 1. The summed E-state index contributed by atoms with van der Waals surface area (Å²) >= 11 is 0. The van der Waals surface area contributed by atoms with Crippen molar-refractivity contribution in [3.63, 3.8) is 0 Å². The highest BCUT2D eigenvalue weighted by atomic mass is 28.4. The highest BCUT2D eigenvalue weighted by Crippen LogP contribution is 2.41. The van der Waals surface area contributed by atoms with Crippen molar-refractivity contribution in [2.24, 2.45) is 0 Å². The minimum atomic E-state index is -2.16. The number of pyridine rings is 1. The first-order chi connectivity index (χ1) is 26.6. The largest absolute Gasteiger partial charge is 0.494 e. The molecule has 0 amide bonds. The molecule has 1 atom stereocenters. The quantitative estimate of drug-likeness (QED) is 0.0676. The van der Waals surface area contributed by atoms with Crippen molar-refractivity contribution in [2.45, 2.75) is 77.3 Å². The van der Waals surface area contributed by atoms with Crippen LogP contribution in [0.5, 0.6) is 11.5 Å². The van der Waals surface area contributed by atoms with Gasteiger partial charge in [-0.15, -0.1) is 0 Å². The number of hydrogen-bond acceptors (Lipinski definition) is 5. The number of rotatable bonds is 18. The second-order valence-electron chi connectivity index (χ2n) is 15.9. The topological polar surface area (TPSA) is 72.6 Å². The molecule has 6 nitrogen and oxygen atoms in total. The molecule has 1 aromatic heterocycles. The molecule has 1 heterocycles. The lowest BCUT2D eigenvalue weighted by molar-refractivity contribution is 0.182. The van der Waals surface area contributed by atoms with Gasteiger partial charge >= 0.3 is 0 Å². The molecular weight excluding hydrogens is 697 g/mol. The molecule has 0 bridgehead atoms. The van der Waals surface area contributed by atoms with Gasteiger partial charge in [-0.25, -0.2) is 0 Å². The molecule has 0 aliphatic carbocycles. The summed E-state index contributed by atoms with van der Waals surface area (Å²) in [4.78, 5) is 15.6. The summed E-state index contributed by atoms with van der Waals surface area (Å²) in [5.41, 5.74) is 7.77. The third-order valence-electron chi connectivity index (χ3n) is 10.8. The van der Waals surface area contributed by atoms with Crippen LogP contribution in [0.4, 0.5) is 0 Å². The Bertz CT molecular complexity index is 2140. The number of aromatic amines is 1. The molecular formula is C48H56N2O4Si. The molecule has 2 N–H and O–H groups in total. The molecule has 6 aromatic rings. The minimum Gasteiger partial charge on any atom is -0.494 e. The average Bonchev–Trinajstić information content (AvgIpc) is 3.19. The third kappa shape index (κ3) is 11.1. The second kappa shape index (κ2) is 18.6. The Balaban J connectivity index is 1.02. The van der Waals surface area contributed by atoms with E-state index in [9.17, 15) is 4.79 Å². The first-order valence-electron chi connectivity index (χ1n) is 19.6. The van der Waals surface area contributed by atoms with Gasteiger partial charge in [0.2, 0.25) is 5.56 Å². The van der Waals surface area contributed by atoms with Crippen molar-refractivity contribution < 1.29 is 13.9 Å². The van der Waals surface area contributed by atoms with E-state index in [1.807, 2.05) is 42.5 Å². The molecule has 0 aliphatic heterocycles. The van der Waals surface area contributed by atoms with E-state index >= 15 is 0 Å². The van der Waals surface area contributed by atoms with Gasteiger partial charge in [0.15, 0.2) is 8.32 Å². The van der Waals surface area contributed by atoms with E-state index in [2.05, 4.69) is 129 Å². The number of H-pyrrole nitrogens is 1. The van der Waals surface area contributed by atoms with Gasteiger partial charge in [0.05, 0.1) is 18.2 Å². The molecule has 0 fully saturated rings. The standard InChI is InChI=1S/C48H56N2O4Si/c1-48(2,3)55(4,5)54-45(42-27-29-44(47-43(42)28-30-46(51)50-47)53-35-38-15-8-6-9-16-38)34-49-32-31-37-21-25-41(26-22-37)52-33-13-12-14-36-19-23-40(24-20-36)39-17-10-7-11-18-39/h6-11,15-30,45,49H,12-14,31-35H2,1-5H3,(H,50,51)/t45-/m1/s1. The van der Waals surface area contributed by atoms with Crippen molar-refractivity contribution >= 4 is 19.2 Å². The smallest absolute Gasteiger partial charge is 0.248 e. The summed E-state index contributed by atoms with van der Waals surface area (Å²) in [5, 5.41) is 4.66. The van der Waals surface area contributed by atoms with Crippen LogP contribution < -0.4 is 20.3 Å². The first-order valence-corrected chi connectivity index (χ1v) is 22.5. The maximum absolute atomic E-state index is 12.5. The van der Waals surface area contributed by atoms with Crippen LogP contribution in [0.3, 0.4) is 0 Å². The summed E-state index contributed by atoms with van der Waals surface area (Å²) in [6, 6.07) is 45.5. The van der Waals surface area contributed by atoms with Crippen LogP contribution in [-0.2, 0) is 23.9 Å². The Morgan fingerprint density at radius 2 is 1.33 bits per heavy atom. The molecule has 0 unspecified atom stereocenters. The number of ether oxygens (including phenoxy) is 2. The number of aromatic nitrogens is 1. The lowest BCUT2D eigenvalue weighted by Gasteiger charge is -2.39. The number of unbranched alkanes of at least 4 members (excludes halogenated alkanes) is 1. The molecule has 0 saturated heterocycles. The highest BCUT2D eigenvalue weighted by Gasteiger charge is 2.39. The molecule has 5 aromatic carbocycles. The van der Waals surface area contributed by atoms with E-state index in [0.717, 1.165) is 54.5 Å². The van der Waals surface area contributed by atoms with Crippen molar-refractivity contribution in [2.75, 3.05) is 19.7 Å². The SMILES string of the molecule is CC(C)(C)[Si](C)(C)O[C@H](CNCCc1ccc(OCCCCc2ccc(-c3ccccc3)cc2)cc1)c1ccc(OCc2ccccc2)c2[nH]c(=O)ccc12. The Morgan fingerprint density at radius 1 is 0.673 bits per heavy atom. The maximum atomic E-state index is 12.5. The van der Waals surface area contributed by atoms with E-state index in [0.29, 0.717) is 31.0 Å². The number of benzene rings is 5. The van der Waals surface area contributed by atoms with Crippen LogP contribution in [0, 0.1) is 0 Å². The zero-order valence-corrected chi connectivity index (χ0v) is 34.1. The Labute approximate surface area is 328 Å². The zero-order valence-electron chi connectivity index (χ0n) is 33.1. The number of fused-ring (bicyclic) bond motifs is 1. The van der Waals surface area contributed by atoms with Gasteiger partial charge in [0.25, 0.3) is 0 Å². The molecule has 0 spiro atoms. The molecule has 286 valence electrons. The van der Waals surface area contributed by atoms with Crippen molar-refractivity contribution in [3.05, 3.63) is 166 Å². The first kappa shape index (κ1) is 39.7. The van der Waals surface area contributed by atoms with Crippen LogP contribution in [0.2, 0.25) is 18.1 Å². The summed E-state index contributed by atoms with van der Waals surface area (Å²) in [5.74, 6) is 1.56. The minimum absolute atomic E-state index is 0.0347. The van der Waals surface area contributed by atoms with Gasteiger partial charge < -0.3 is 24.2 Å². The van der Waals surface area contributed by atoms with E-state index in [1.54, 1.807) is 6.07 Å². The van der Waals surface area contributed by atoms with E-state index in [1.165, 1.54) is 22.3 Å². The predicted octanol–water partition coefficient (Wildman–Crippen LogP) is 11.1. The zero-order chi connectivity index (χ0) is 38.7. The van der Waals surface area contributed by atoms with Gasteiger partial charge in [0.1, 0.15) is 18.1 Å². The molecule has 0 saturated carbocycles. The third-order valence-corrected chi connectivity index (χ3v) is 15.2. The number of nitrogens with one attached hydrogen (secondary N) is 2. The summed E-state index contributed by atoms with van der Waals surface area (Å²) in [6.07, 6.45) is 3.84. The Morgan fingerprint density at radius 3 is 2.04 bits per heavy atom. The van der Waals surface area contributed by atoms with E-state index < -0.39 is 8.32 Å². The van der Waals surface area contributed by atoms with Crippen LogP contribution in [0.1, 0.15) is 62.0 Å².